The Bertz CT molecular complexity index is 829. The van der Waals surface area contributed by atoms with Crippen molar-refractivity contribution in [3.05, 3.63) is 53.6 Å². The Balaban J connectivity index is 1.82. The van der Waals surface area contributed by atoms with Gasteiger partial charge in [-0.25, -0.2) is 0 Å². The van der Waals surface area contributed by atoms with Gasteiger partial charge in [0.25, 0.3) is 11.8 Å². The maximum atomic E-state index is 12.3. The van der Waals surface area contributed by atoms with Crippen LogP contribution in [0, 0.1) is 0 Å². The Morgan fingerprint density at radius 2 is 1.62 bits per heavy atom. The van der Waals surface area contributed by atoms with E-state index in [-0.39, 0.29) is 24.1 Å². The number of nitrogen functional groups attached to an aromatic ring is 1. The van der Waals surface area contributed by atoms with Gasteiger partial charge < -0.3 is 15.6 Å². The maximum Gasteiger partial charge on any atom is 0.305 e. The van der Waals surface area contributed by atoms with Gasteiger partial charge in [0.05, 0.1) is 17.5 Å². The highest BCUT2D eigenvalue weighted by atomic mass is 16.5. The minimum Gasteiger partial charge on any atom is -0.481 e. The summed E-state index contributed by atoms with van der Waals surface area (Å²) in [5.41, 5.74) is 6.66. The first-order chi connectivity index (χ1) is 11.5. The molecule has 0 aliphatic carbocycles. The minimum absolute atomic E-state index is 0.157. The standard InChI is InChI=1S/C17H14N2O5/c18-10-1-3-11(4-2-10)24-12-5-6-13-14(9-12)17(23)19(16(13)22)8-7-15(20)21/h1-6,9H,7-8,18H2,(H,20,21). The van der Waals surface area contributed by atoms with Gasteiger partial charge in [-0.2, -0.15) is 0 Å². The van der Waals surface area contributed by atoms with Crippen molar-refractivity contribution >= 4 is 23.5 Å². The molecule has 3 N–H and O–H groups in total. The largest absolute Gasteiger partial charge is 0.481 e. The van der Waals surface area contributed by atoms with Crippen molar-refractivity contribution in [2.24, 2.45) is 0 Å². The fourth-order valence-electron chi connectivity index (χ4n) is 2.42. The topological polar surface area (TPSA) is 110 Å². The van der Waals surface area contributed by atoms with Crippen molar-refractivity contribution in [2.45, 2.75) is 6.42 Å². The number of nitrogens with zero attached hydrogens (tertiary/aromatic N) is 1. The van der Waals surface area contributed by atoms with Crippen LogP contribution in [0.4, 0.5) is 5.69 Å². The zero-order valence-corrected chi connectivity index (χ0v) is 12.6. The number of hydrogen-bond donors (Lipinski definition) is 2. The summed E-state index contributed by atoms with van der Waals surface area (Å²) in [6.45, 7) is -0.157. The van der Waals surface area contributed by atoms with Crippen LogP contribution < -0.4 is 10.5 Å². The molecule has 0 saturated heterocycles. The van der Waals surface area contributed by atoms with E-state index in [0.29, 0.717) is 17.2 Å². The third kappa shape index (κ3) is 2.91. The minimum atomic E-state index is -1.07. The van der Waals surface area contributed by atoms with Crippen LogP contribution in [0.5, 0.6) is 11.5 Å². The Kier molecular flexibility index (Phi) is 3.91. The van der Waals surface area contributed by atoms with Crippen molar-refractivity contribution in [1.29, 1.82) is 0 Å². The van der Waals surface area contributed by atoms with Gasteiger partial charge in [-0.15, -0.1) is 0 Å². The third-order valence-corrected chi connectivity index (χ3v) is 3.61. The van der Waals surface area contributed by atoms with Gasteiger partial charge in [0.15, 0.2) is 0 Å². The summed E-state index contributed by atoms with van der Waals surface area (Å²) >= 11 is 0. The Hall–Kier alpha value is -3.35. The molecule has 0 unspecified atom stereocenters. The average Bonchev–Trinajstić information content (AvgIpc) is 2.79. The zero-order valence-electron chi connectivity index (χ0n) is 12.6. The second kappa shape index (κ2) is 6.04. The molecule has 7 nitrogen and oxygen atoms in total. The molecule has 0 fully saturated rings. The van der Waals surface area contributed by atoms with E-state index in [4.69, 9.17) is 15.6 Å². The summed E-state index contributed by atoms with van der Waals surface area (Å²) in [6.07, 6.45) is -0.291. The molecular formula is C17H14N2O5. The van der Waals surface area contributed by atoms with E-state index < -0.39 is 17.8 Å². The van der Waals surface area contributed by atoms with Crippen LogP contribution in [0.15, 0.2) is 42.5 Å². The fourth-order valence-corrected chi connectivity index (χ4v) is 2.42. The van der Waals surface area contributed by atoms with Crippen LogP contribution in [0.2, 0.25) is 0 Å². The van der Waals surface area contributed by atoms with Gasteiger partial charge in [0, 0.05) is 12.2 Å². The van der Waals surface area contributed by atoms with Crippen molar-refractivity contribution < 1.29 is 24.2 Å². The molecule has 0 radical (unpaired) electrons. The predicted molar refractivity (Wildman–Crippen MR) is 85.0 cm³/mol. The van der Waals surface area contributed by atoms with Gasteiger partial charge in [-0.3, -0.25) is 19.3 Å². The molecular weight excluding hydrogens is 312 g/mol. The number of anilines is 1. The molecule has 2 amide bonds. The third-order valence-electron chi connectivity index (χ3n) is 3.61. The van der Waals surface area contributed by atoms with E-state index in [2.05, 4.69) is 0 Å². The first-order valence-corrected chi connectivity index (χ1v) is 7.21. The maximum absolute atomic E-state index is 12.3. The number of carboxylic acid groups (broad SMARTS) is 1. The Labute approximate surface area is 137 Å². The molecule has 2 aromatic rings. The Morgan fingerprint density at radius 3 is 2.29 bits per heavy atom. The van der Waals surface area contributed by atoms with Crippen LogP contribution in [0.25, 0.3) is 0 Å². The Morgan fingerprint density at radius 1 is 1.00 bits per heavy atom. The summed E-state index contributed by atoms with van der Waals surface area (Å²) < 4.78 is 5.64. The monoisotopic (exact) mass is 326 g/mol. The van der Waals surface area contributed by atoms with E-state index in [0.717, 1.165) is 4.90 Å². The zero-order chi connectivity index (χ0) is 17.3. The second-order valence-corrected chi connectivity index (χ2v) is 5.28. The van der Waals surface area contributed by atoms with Crippen LogP contribution in [-0.2, 0) is 4.79 Å². The van der Waals surface area contributed by atoms with Crippen LogP contribution in [0.1, 0.15) is 27.1 Å². The number of benzene rings is 2. The molecule has 0 bridgehead atoms. The molecule has 24 heavy (non-hydrogen) atoms. The molecule has 122 valence electrons. The molecule has 1 heterocycles. The van der Waals surface area contributed by atoms with Crippen molar-refractivity contribution in [3.8, 4) is 11.5 Å². The molecule has 0 aromatic heterocycles. The van der Waals surface area contributed by atoms with E-state index in [1.165, 1.54) is 12.1 Å². The van der Waals surface area contributed by atoms with Crippen LogP contribution in [0.3, 0.4) is 0 Å². The van der Waals surface area contributed by atoms with Gasteiger partial charge in [-0.1, -0.05) is 0 Å². The highest BCUT2D eigenvalue weighted by Crippen LogP contribution is 2.29. The lowest BCUT2D eigenvalue weighted by Crippen LogP contribution is -2.31. The number of imide groups is 1. The number of aliphatic carboxylic acids is 1. The number of rotatable bonds is 5. The first-order valence-electron chi connectivity index (χ1n) is 7.21. The van der Waals surface area contributed by atoms with Gasteiger partial charge >= 0.3 is 5.97 Å². The lowest BCUT2D eigenvalue weighted by molar-refractivity contribution is -0.137. The quantitative estimate of drug-likeness (QED) is 0.643. The normalized spacial score (nSPS) is 13.1. The molecule has 7 heteroatoms. The predicted octanol–water partition coefficient (Wildman–Crippen LogP) is 2.13. The van der Waals surface area contributed by atoms with Crippen molar-refractivity contribution in [2.75, 3.05) is 12.3 Å². The fraction of sp³-hybridized carbons (Fsp3) is 0.118. The lowest BCUT2D eigenvalue weighted by atomic mass is 10.1. The summed E-state index contributed by atoms with van der Waals surface area (Å²) in [5.74, 6) is -1.13. The van der Waals surface area contributed by atoms with Gasteiger partial charge in [0.1, 0.15) is 11.5 Å². The summed E-state index contributed by atoms with van der Waals surface area (Å²) in [4.78, 5) is 36.1. The van der Waals surface area contributed by atoms with E-state index in [1.54, 1.807) is 30.3 Å². The molecule has 0 atom stereocenters. The summed E-state index contributed by atoms with van der Waals surface area (Å²) in [7, 11) is 0. The number of ether oxygens (including phenoxy) is 1. The van der Waals surface area contributed by atoms with Gasteiger partial charge in [0.2, 0.25) is 0 Å². The number of amides is 2. The summed E-state index contributed by atoms with van der Waals surface area (Å²) in [6, 6.07) is 11.3. The number of carboxylic acids is 1. The smallest absolute Gasteiger partial charge is 0.305 e. The molecule has 0 saturated carbocycles. The summed E-state index contributed by atoms with van der Waals surface area (Å²) in [5, 5.41) is 8.71. The van der Waals surface area contributed by atoms with Gasteiger partial charge in [-0.05, 0) is 42.5 Å². The number of hydrogen-bond acceptors (Lipinski definition) is 5. The highest BCUT2D eigenvalue weighted by molar-refractivity contribution is 6.21. The highest BCUT2D eigenvalue weighted by Gasteiger charge is 2.35. The van der Waals surface area contributed by atoms with Crippen LogP contribution >= 0.6 is 0 Å². The number of carbonyl (C=O) groups excluding carboxylic acids is 2. The molecule has 2 aromatic carbocycles. The SMILES string of the molecule is Nc1ccc(Oc2ccc3c(c2)C(=O)N(CCC(=O)O)C3=O)cc1. The second-order valence-electron chi connectivity index (χ2n) is 5.28. The first kappa shape index (κ1) is 15.5. The number of nitrogens with two attached hydrogens (primary N) is 1. The average molecular weight is 326 g/mol. The van der Waals surface area contributed by atoms with Crippen LogP contribution in [-0.4, -0.2) is 34.3 Å². The van der Waals surface area contributed by atoms with Crippen molar-refractivity contribution in [1.82, 2.24) is 4.90 Å². The van der Waals surface area contributed by atoms with E-state index in [1.807, 2.05) is 0 Å². The molecule has 1 aliphatic rings. The number of fused-ring (bicyclic) bond motifs is 1. The molecule has 0 spiro atoms. The molecule has 1 aliphatic heterocycles. The van der Waals surface area contributed by atoms with E-state index in [9.17, 15) is 14.4 Å². The number of carbonyl (C=O) groups is 3. The van der Waals surface area contributed by atoms with Crippen molar-refractivity contribution in [3.63, 3.8) is 0 Å². The lowest BCUT2D eigenvalue weighted by Gasteiger charge is -2.11. The van der Waals surface area contributed by atoms with E-state index >= 15 is 0 Å². The molecule has 3 rings (SSSR count).